The van der Waals surface area contributed by atoms with E-state index in [1.807, 2.05) is 6.92 Å². The van der Waals surface area contributed by atoms with Crippen molar-refractivity contribution in [3.05, 3.63) is 11.3 Å². The third-order valence-corrected chi connectivity index (χ3v) is 4.18. The summed E-state index contributed by atoms with van der Waals surface area (Å²) in [6.45, 7) is 2.79. The lowest BCUT2D eigenvalue weighted by molar-refractivity contribution is 0.588. The van der Waals surface area contributed by atoms with Crippen LogP contribution >= 0.6 is 0 Å². The van der Waals surface area contributed by atoms with E-state index in [2.05, 4.69) is 5.10 Å². The number of aryl methyl sites for hydroxylation is 2. The van der Waals surface area contributed by atoms with Crippen molar-refractivity contribution in [3.63, 3.8) is 0 Å². The van der Waals surface area contributed by atoms with Crippen LogP contribution in [0.3, 0.4) is 0 Å². The molecular formula is C9H15N3O2S. The molecule has 0 aliphatic carbocycles. The number of nitrogens with zero attached hydrogens (tertiary/aromatic N) is 2. The number of fused-ring (bicyclic) bond motifs is 1. The second-order valence-corrected chi connectivity index (χ2v) is 6.06. The largest absolute Gasteiger partial charge is 0.384 e. The summed E-state index contributed by atoms with van der Waals surface area (Å²) in [5, 5.41) is 4.33. The molecule has 0 amide bonds. The highest BCUT2D eigenvalue weighted by molar-refractivity contribution is 7.90. The molecule has 0 saturated heterocycles. The van der Waals surface area contributed by atoms with Gasteiger partial charge in [-0.2, -0.15) is 5.10 Å². The highest BCUT2D eigenvalue weighted by Gasteiger charge is 2.27. The maximum atomic E-state index is 11.4. The normalized spacial score (nSPS) is 18.7. The molecule has 1 aliphatic rings. The first-order chi connectivity index (χ1) is 7.03. The van der Waals surface area contributed by atoms with Gasteiger partial charge in [0.15, 0.2) is 9.84 Å². The van der Waals surface area contributed by atoms with Gasteiger partial charge in [0.05, 0.1) is 17.2 Å². The van der Waals surface area contributed by atoms with Crippen molar-refractivity contribution in [2.75, 3.05) is 11.5 Å². The molecule has 1 aromatic rings. The van der Waals surface area contributed by atoms with Crippen molar-refractivity contribution in [1.82, 2.24) is 9.78 Å². The molecule has 15 heavy (non-hydrogen) atoms. The van der Waals surface area contributed by atoms with Crippen molar-refractivity contribution >= 4 is 15.7 Å². The van der Waals surface area contributed by atoms with E-state index < -0.39 is 9.84 Å². The van der Waals surface area contributed by atoms with Crippen LogP contribution in [0.25, 0.3) is 0 Å². The summed E-state index contributed by atoms with van der Waals surface area (Å²) in [7, 11) is -2.95. The number of anilines is 1. The van der Waals surface area contributed by atoms with Gasteiger partial charge in [-0.25, -0.2) is 13.1 Å². The summed E-state index contributed by atoms with van der Waals surface area (Å²) in [4.78, 5) is 0. The molecule has 0 fully saturated rings. The lowest BCUT2D eigenvalue weighted by Crippen LogP contribution is -2.18. The first-order valence-corrected chi connectivity index (χ1v) is 6.90. The number of nitrogen functional groups attached to an aromatic ring is 1. The van der Waals surface area contributed by atoms with Gasteiger partial charge in [-0.05, 0) is 6.42 Å². The Kier molecular flexibility index (Phi) is 2.46. The van der Waals surface area contributed by atoms with Gasteiger partial charge in [0.25, 0.3) is 0 Å². The van der Waals surface area contributed by atoms with Gasteiger partial charge in [-0.3, -0.25) is 0 Å². The van der Waals surface area contributed by atoms with Crippen LogP contribution in [0.5, 0.6) is 0 Å². The Bertz CT molecular complexity index is 476. The topological polar surface area (TPSA) is 78.0 Å². The lowest BCUT2D eigenvalue weighted by atomic mass is 10.2. The predicted octanol–water partition coefficient (Wildman–Crippen LogP) is 0.346. The molecule has 0 aromatic carbocycles. The smallest absolute Gasteiger partial charge is 0.155 e. The van der Waals surface area contributed by atoms with E-state index in [0.717, 1.165) is 24.2 Å². The zero-order valence-corrected chi connectivity index (χ0v) is 9.55. The minimum absolute atomic E-state index is 0.0535. The predicted molar refractivity (Wildman–Crippen MR) is 58.1 cm³/mol. The first-order valence-electron chi connectivity index (χ1n) is 5.08. The Labute approximate surface area is 89.2 Å². The number of nitrogens with two attached hydrogens (primary N) is 1. The fraction of sp³-hybridized carbons (Fsp3) is 0.667. The average Bonchev–Trinajstić information content (AvgIpc) is 2.44. The maximum absolute atomic E-state index is 11.4. The second kappa shape index (κ2) is 3.52. The highest BCUT2D eigenvalue weighted by Crippen LogP contribution is 2.25. The zero-order chi connectivity index (χ0) is 11.1. The molecule has 0 bridgehead atoms. The van der Waals surface area contributed by atoms with Gasteiger partial charge in [0.2, 0.25) is 0 Å². The number of rotatable bonds is 2. The first kappa shape index (κ1) is 10.5. The van der Waals surface area contributed by atoms with Gasteiger partial charge >= 0.3 is 0 Å². The molecule has 0 atom stereocenters. The van der Waals surface area contributed by atoms with Crippen molar-refractivity contribution < 1.29 is 8.42 Å². The van der Waals surface area contributed by atoms with Gasteiger partial charge in [0.1, 0.15) is 5.82 Å². The molecule has 5 nitrogen and oxygen atoms in total. The summed E-state index contributed by atoms with van der Waals surface area (Å²) in [5.74, 6) is 0.774. The molecular weight excluding hydrogens is 214 g/mol. The van der Waals surface area contributed by atoms with Gasteiger partial charge < -0.3 is 5.73 Å². The molecule has 0 unspecified atom stereocenters. The summed E-state index contributed by atoms with van der Waals surface area (Å²) < 4.78 is 24.6. The molecule has 84 valence electrons. The van der Waals surface area contributed by atoms with Crippen LogP contribution in [0.1, 0.15) is 24.6 Å². The minimum atomic E-state index is -2.95. The summed E-state index contributed by atoms with van der Waals surface area (Å²) in [6, 6.07) is 0. The molecule has 2 heterocycles. The molecule has 0 radical (unpaired) electrons. The Morgan fingerprint density at radius 3 is 2.93 bits per heavy atom. The van der Waals surface area contributed by atoms with Crippen LogP contribution in [0.15, 0.2) is 0 Å². The number of hydrogen-bond acceptors (Lipinski definition) is 4. The van der Waals surface area contributed by atoms with Crippen LogP contribution in [0.4, 0.5) is 5.82 Å². The SMILES string of the molecule is CCCn1nc2c(c1N)CS(=O)(=O)CC2. The van der Waals surface area contributed by atoms with E-state index >= 15 is 0 Å². The van der Waals surface area contributed by atoms with Gasteiger partial charge in [-0.1, -0.05) is 6.92 Å². The molecule has 0 spiro atoms. The van der Waals surface area contributed by atoms with Gasteiger partial charge in [-0.15, -0.1) is 0 Å². The number of aromatic nitrogens is 2. The second-order valence-electron chi connectivity index (χ2n) is 3.88. The third-order valence-electron chi connectivity index (χ3n) is 2.63. The number of sulfone groups is 1. The highest BCUT2D eigenvalue weighted by atomic mass is 32.2. The van der Waals surface area contributed by atoms with Crippen LogP contribution in [0, 0.1) is 0 Å². The molecule has 1 aliphatic heterocycles. The van der Waals surface area contributed by atoms with Crippen LogP contribution in [0.2, 0.25) is 0 Å². The van der Waals surface area contributed by atoms with E-state index in [0.29, 0.717) is 12.2 Å². The average molecular weight is 229 g/mol. The Hall–Kier alpha value is -1.04. The van der Waals surface area contributed by atoms with E-state index in [1.54, 1.807) is 4.68 Å². The van der Waals surface area contributed by atoms with Crippen molar-refractivity contribution in [2.45, 2.75) is 32.1 Å². The molecule has 2 N–H and O–H groups in total. The van der Waals surface area contributed by atoms with E-state index in [9.17, 15) is 8.42 Å². The van der Waals surface area contributed by atoms with Crippen LogP contribution < -0.4 is 5.73 Å². The Balaban J connectivity index is 2.42. The van der Waals surface area contributed by atoms with Crippen LogP contribution in [-0.2, 0) is 28.6 Å². The lowest BCUT2D eigenvalue weighted by Gasteiger charge is -2.10. The van der Waals surface area contributed by atoms with Crippen molar-refractivity contribution in [2.24, 2.45) is 0 Å². The summed E-state index contributed by atoms with van der Waals surface area (Å²) in [6.07, 6.45) is 1.44. The van der Waals surface area contributed by atoms with Gasteiger partial charge in [0, 0.05) is 18.5 Å². The molecule has 2 rings (SSSR count). The van der Waals surface area contributed by atoms with E-state index in [4.69, 9.17) is 5.73 Å². The minimum Gasteiger partial charge on any atom is -0.384 e. The Morgan fingerprint density at radius 2 is 2.27 bits per heavy atom. The third kappa shape index (κ3) is 1.86. The maximum Gasteiger partial charge on any atom is 0.155 e. The fourth-order valence-electron chi connectivity index (χ4n) is 1.85. The standard InChI is InChI=1S/C9H15N3O2S/c1-2-4-12-9(10)7-6-15(13,14)5-3-8(7)11-12/h2-6,10H2,1H3. The number of hydrogen-bond donors (Lipinski definition) is 1. The molecule has 1 aromatic heterocycles. The zero-order valence-electron chi connectivity index (χ0n) is 8.73. The quantitative estimate of drug-likeness (QED) is 0.793. The van der Waals surface area contributed by atoms with E-state index in [1.165, 1.54) is 0 Å². The molecule has 6 heteroatoms. The Morgan fingerprint density at radius 1 is 1.53 bits per heavy atom. The van der Waals surface area contributed by atoms with Crippen molar-refractivity contribution in [1.29, 1.82) is 0 Å². The monoisotopic (exact) mass is 229 g/mol. The van der Waals surface area contributed by atoms with Crippen LogP contribution in [-0.4, -0.2) is 24.0 Å². The molecule has 0 saturated carbocycles. The fourth-order valence-corrected chi connectivity index (χ4v) is 3.25. The van der Waals surface area contributed by atoms with Crippen molar-refractivity contribution in [3.8, 4) is 0 Å². The summed E-state index contributed by atoms with van der Waals surface area (Å²) >= 11 is 0. The summed E-state index contributed by atoms with van der Waals surface area (Å²) in [5.41, 5.74) is 7.44. The van der Waals surface area contributed by atoms with E-state index in [-0.39, 0.29) is 11.5 Å².